The summed E-state index contributed by atoms with van der Waals surface area (Å²) in [5.41, 5.74) is 3.31. The molecule has 1 saturated carbocycles. The lowest BCUT2D eigenvalue weighted by Crippen LogP contribution is -2.19. The summed E-state index contributed by atoms with van der Waals surface area (Å²) in [5, 5.41) is 13.8. The number of benzene rings is 2. The number of aliphatic carboxylic acids is 1. The van der Waals surface area contributed by atoms with Gasteiger partial charge in [0.2, 0.25) is 0 Å². The summed E-state index contributed by atoms with van der Waals surface area (Å²) in [6.07, 6.45) is 5.27. The Morgan fingerprint density at radius 2 is 1.70 bits per heavy atom. The van der Waals surface area contributed by atoms with E-state index in [0.717, 1.165) is 35.2 Å². The van der Waals surface area contributed by atoms with Gasteiger partial charge >= 0.3 is 5.97 Å². The van der Waals surface area contributed by atoms with Crippen molar-refractivity contribution in [2.45, 2.75) is 18.3 Å². The SMILES string of the molecule is O=C(O)C1(c2ccc(-c3cnn(-c4ccccc4)c3)cc2)CC1. The fourth-order valence-electron chi connectivity index (χ4n) is 2.93. The Morgan fingerprint density at radius 1 is 1.00 bits per heavy atom. The van der Waals surface area contributed by atoms with Gasteiger partial charge in [0, 0.05) is 11.8 Å². The van der Waals surface area contributed by atoms with E-state index in [2.05, 4.69) is 5.10 Å². The Balaban J connectivity index is 1.62. The standard InChI is InChI=1S/C19H16N2O2/c22-18(23)19(10-11-19)16-8-6-14(7-9-16)15-12-20-21(13-15)17-4-2-1-3-5-17/h1-9,12-13H,10-11H2,(H,22,23). The molecule has 0 unspecified atom stereocenters. The molecular weight excluding hydrogens is 288 g/mol. The molecule has 0 amide bonds. The molecule has 0 spiro atoms. The van der Waals surface area contributed by atoms with Crippen LogP contribution in [0.15, 0.2) is 67.0 Å². The largest absolute Gasteiger partial charge is 0.481 e. The molecule has 4 heteroatoms. The number of para-hydroxylation sites is 1. The highest BCUT2D eigenvalue weighted by Crippen LogP contribution is 2.48. The van der Waals surface area contributed by atoms with Crippen molar-refractivity contribution in [3.63, 3.8) is 0 Å². The smallest absolute Gasteiger partial charge is 0.314 e. The van der Waals surface area contributed by atoms with Crippen LogP contribution >= 0.6 is 0 Å². The maximum Gasteiger partial charge on any atom is 0.314 e. The van der Waals surface area contributed by atoms with Gasteiger partial charge in [-0.1, -0.05) is 42.5 Å². The Kier molecular flexibility index (Phi) is 3.05. The third kappa shape index (κ3) is 2.32. The van der Waals surface area contributed by atoms with Crippen LogP contribution in [0, 0.1) is 0 Å². The van der Waals surface area contributed by atoms with E-state index in [-0.39, 0.29) is 0 Å². The van der Waals surface area contributed by atoms with Crippen molar-refractivity contribution in [3.05, 3.63) is 72.6 Å². The van der Waals surface area contributed by atoms with E-state index in [1.54, 1.807) is 0 Å². The molecule has 3 aromatic rings. The van der Waals surface area contributed by atoms with Gasteiger partial charge in [-0.25, -0.2) is 4.68 Å². The monoisotopic (exact) mass is 304 g/mol. The summed E-state index contributed by atoms with van der Waals surface area (Å²) < 4.78 is 1.84. The summed E-state index contributed by atoms with van der Waals surface area (Å²) in [7, 11) is 0. The minimum absolute atomic E-state index is 0.646. The average Bonchev–Trinajstić information content (AvgIpc) is 3.27. The molecule has 1 heterocycles. The van der Waals surface area contributed by atoms with Crippen LogP contribution in [-0.2, 0) is 10.2 Å². The highest BCUT2D eigenvalue weighted by atomic mass is 16.4. The molecule has 0 aliphatic heterocycles. The van der Waals surface area contributed by atoms with Gasteiger partial charge in [0.05, 0.1) is 17.3 Å². The van der Waals surface area contributed by atoms with Gasteiger partial charge in [-0.05, 0) is 36.1 Å². The molecule has 0 atom stereocenters. The van der Waals surface area contributed by atoms with Gasteiger partial charge in [0.25, 0.3) is 0 Å². The molecule has 1 fully saturated rings. The number of aromatic nitrogens is 2. The lowest BCUT2D eigenvalue weighted by Gasteiger charge is -2.10. The topological polar surface area (TPSA) is 55.1 Å². The van der Waals surface area contributed by atoms with E-state index < -0.39 is 11.4 Å². The van der Waals surface area contributed by atoms with Gasteiger partial charge in [0.1, 0.15) is 0 Å². The Morgan fingerprint density at radius 3 is 2.30 bits per heavy atom. The summed E-state index contributed by atoms with van der Waals surface area (Å²) in [6.45, 7) is 0. The maximum absolute atomic E-state index is 11.4. The molecule has 1 N–H and O–H groups in total. The van der Waals surface area contributed by atoms with Crippen LogP contribution in [0.3, 0.4) is 0 Å². The minimum atomic E-state index is -0.720. The molecule has 4 nitrogen and oxygen atoms in total. The normalized spacial score (nSPS) is 15.3. The number of rotatable bonds is 4. The van der Waals surface area contributed by atoms with E-state index in [9.17, 15) is 9.90 Å². The second kappa shape index (κ2) is 5.09. The molecule has 0 saturated heterocycles. The molecule has 0 radical (unpaired) electrons. The molecular formula is C19H16N2O2. The third-order valence-corrected chi connectivity index (χ3v) is 4.53. The van der Waals surface area contributed by atoms with Gasteiger partial charge in [-0.15, -0.1) is 0 Å². The third-order valence-electron chi connectivity index (χ3n) is 4.53. The van der Waals surface area contributed by atoms with Crippen LogP contribution < -0.4 is 0 Å². The fraction of sp³-hybridized carbons (Fsp3) is 0.158. The summed E-state index contributed by atoms with van der Waals surface area (Å²) in [4.78, 5) is 11.4. The first-order valence-electron chi connectivity index (χ1n) is 7.63. The zero-order chi connectivity index (χ0) is 15.9. The molecule has 23 heavy (non-hydrogen) atoms. The van der Waals surface area contributed by atoms with Crippen molar-refractivity contribution >= 4 is 5.97 Å². The van der Waals surface area contributed by atoms with Crippen molar-refractivity contribution in [1.29, 1.82) is 0 Å². The molecule has 1 aromatic heterocycles. The predicted molar refractivity (Wildman–Crippen MR) is 87.5 cm³/mol. The van der Waals surface area contributed by atoms with Crippen molar-refractivity contribution in [2.75, 3.05) is 0 Å². The maximum atomic E-state index is 11.4. The quantitative estimate of drug-likeness (QED) is 0.800. The van der Waals surface area contributed by atoms with E-state index in [4.69, 9.17) is 0 Å². The van der Waals surface area contributed by atoms with Crippen LogP contribution in [0.4, 0.5) is 0 Å². The molecule has 0 bridgehead atoms. The molecule has 114 valence electrons. The van der Waals surface area contributed by atoms with Crippen molar-refractivity contribution in [2.24, 2.45) is 0 Å². The molecule has 4 rings (SSSR count). The first kappa shape index (κ1) is 13.8. The Hall–Kier alpha value is -2.88. The van der Waals surface area contributed by atoms with Gasteiger partial charge in [-0.2, -0.15) is 5.10 Å². The second-order valence-corrected chi connectivity index (χ2v) is 5.97. The van der Waals surface area contributed by atoms with Crippen LogP contribution in [-0.4, -0.2) is 20.9 Å². The van der Waals surface area contributed by atoms with E-state index in [0.29, 0.717) is 0 Å². The second-order valence-electron chi connectivity index (χ2n) is 5.97. The first-order valence-corrected chi connectivity index (χ1v) is 7.63. The predicted octanol–water partition coefficient (Wildman–Crippen LogP) is 3.66. The van der Waals surface area contributed by atoms with Gasteiger partial charge < -0.3 is 5.11 Å². The van der Waals surface area contributed by atoms with Gasteiger partial charge in [0.15, 0.2) is 0 Å². The number of nitrogens with zero attached hydrogens (tertiary/aromatic N) is 2. The zero-order valence-corrected chi connectivity index (χ0v) is 12.5. The van der Waals surface area contributed by atoms with Crippen molar-refractivity contribution in [3.8, 4) is 16.8 Å². The Labute approximate surface area is 134 Å². The number of carbonyl (C=O) groups is 1. The van der Waals surface area contributed by atoms with Crippen molar-refractivity contribution < 1.29 is 9.90 Å². The lowest BCUT2D eigenvalue weighted by atomic mass is 9.94. The van der Waals surface area contributed by atoms with E-state index in [1.165, 1.54) is 0 Å². The van der Waals surface area contributed by atoms with E-state index >= 15 is 0 Å². The lowest BCUT2D eigenvalue weighted by molar-refractivity contribution is -0.140. The number of hydrogen-bond donors (Lipinski definition) is 1. The molecule has 1 aliphatic carbocycles. The molecule has 1 aliphatic rings. The summed E-state index contributed by atoms with van der Waals surface area (Å²) in [5.74, 6) is -0.720. The summed E-state index contributed by atoms with van der Waals surface area (Å²) in [6, 6.07) is 17.7. The van der Waals surface area contributed by atoms with Crippen LogP contribution in [0.1, 0.15) is 18.4 Å². The first-order chi connectivity index (χ1) is 11.2. The van der Waals surface area contributed by atoms with Crippen LogP contribution in [0.2, 0.25) is 0 Å². The van der Waals surface area contributed by atoms with Gasteiger partial charge in [-0.3, -0.25) is 4.79 Å². The average molecular weight is 304 g/mol. The Bertz CT molecular complexity index is 847. The minimum Gasteiger partial charge on any atom is -0.481 e. The van der Waals surface area contributed by atoms with E-state index in [1.807, 2.05) is 71.7 Å². The number of carboxylic acids is 1. The fourth-order valence-corrected chi connectivity index (χ4v) is 2.93. The number of hydrogen-bond acceptors (Lipinski definition) is 2. The number of carboxylic acid groups (broad SMARTS) is 1. The molecule has 2 aromatic carbocycles. The highest BCUT2D eigenvalue weighted by molar-refractivity contribution is 5.85. The van der Waals surface area contributed by atoms with Crippen molar-refractivity contribution in [1.82, 2.24) is 9.78 Å². The summed E-state index contributed by atoms with van der Waals surface area (Å²) >= 11 is 0. The van der Waals surface area contributed by atoms with Crippen LogP contribution in [0.25, 0.3) is 16.8 Å². The van der Waals surface area contributed by atoms with Crippen LogP contribution in [0.5, 0.6) is 0 Å². The zero-order valence-electron chi connectivity index (χ0n) is 12.5. The highest BCUT2D eigenvalue weighted by Gasteiger charge is 2.51.